The summed E-state index contributed by atoms with van der Waals surface area (Å²) in [6, 6.07) is 0. The maximum absolute atomic E-state index is 0. The van der Waals surface area contributed by atoms with Gasteiger partial charge in [-0.15, -0.1) is 0 Å². The number of rotatable bonds is 0. The average Bonchev–Trinajstić information content (AvgIpc) is 0. The Labute approximate surface area is 115 Å². The monoisotopic (exact) mass is 240 g/mol. The summed E-state index contributed by atoms with van der Waals surface area (Å²) in [5.74, 6) is 0. The Balaban J connectivity index is 0. The first kappa shape index (κ1) is 25.4. The Kier molecular flexibility index (Phi) is 101. The standard InChI is InChI=1S/2S.2Sr/q2*-2;2*+2. The van der Waals surface area contributed by atoms with Crippen LogP contribution in [0.25, 0.3) is 0 Å². The van der Waals surface area contributed by atoms with E-state index in [1.165, 1.54) is 0 Å². The molecule has 0 radical (unpaired) electrons. The Hall–Kier alpha value is 3.66. The largest absolute Gasteiger partial charge is 2.00 e. The molecule has 16 valence electrons. The molecule has 0 atom stereocenters. The molecule has 0 spiro atoms. The fraction of sp³-hybridized carbons (Fsp3) is 0. The molecule has 0 aromatic carbocycles. The molecule has 0 aliphatic heterocycles. The molecule has 0 N–H and O–H groups in total. The first-order chi connectivity index (χ1) is 0. The van der Waals surface area contributed by atoms with Crippen molar-refractivity contribution >= 4 is 118 Å². The van der Waals surface area contributed by atoms with Gasteiger partial charge in [0, 0.05) is 0 Å². The molecule has 0 fully saturated rings. The Morgan fingerprint density at radius 3 is 0.500 bits per heavy atom. The van der Waals surface area contributed by atoms with Crippen molar-refractivity contribution in [1.29, 1.82) is 0 Å². The molecule has 0 saturated carbocycles. The first-order valence-electron chi connectivity index (χ1n) is 0. The van der Waals surface area contributed by atoms with Crippen LogP contribution >= 0.6 is 0 Å². The minimum Gasteiger partial charge on any atom is -2.00 e. The predicted octanol–water partition coefficient (Wildman–Crippen LogP) is -0.766. The second-order valence-corrected chi connectivity index (χ2v) is 0. The molecular weight excluding hydrogens is 239 g/mol. The molecule has 0 nitrogen and oxygen atoms in total. The van der Waals surface area contributed by atoms with E-state index >= 15 is 0 Å². The van der Waals surface area contributed by atoms with Crippen molar-refractivity contribution in [1.82, 2.24) is 0 Å². The van der Waals surface area contributed by atoms with Gasteiger partial charge in [-0.05, 0) is 0 Å². The summed E-state index contributed by atoms with van der Waals surface area (Å²) in [4.78, 5) is 0. The van der Waals surface area contributed by atoms with Gasteiger partial charge in [0.1, 0.15) is 0 Å². The summed E-state index contributed by atoms with van der Waals surface area (Å²) in [6.45, 7) is 0. The quantitative estimate of drug-likeness (QED) is 0.487. The van der Waals surface area contributed by atoms with Crippen molar-refractivity contribution in [3.8, 4) is 0 Å². The molecule has 0 rings (SSSR count). The van der Waals surface area contributed by atoms with Gasteiger partial charge in [-0.25, -0.2) is 0 Å². The zero-order valence-corrected chi connectivity index (χ0v) is 10.8. The van der Waals surface area contributed by atoms with Gasteiger partial charge < -0.3 is 27.0 Å². The molecule has 4 heteroatoms. The van der Waals surface area contributed by atoms with E-state index in [-0.39, 0.29) is 118 Å². The Morgan fingerprint density at radius 2 is 0.500 bits per heavy atom. The predicted molar refractivity (Wildman–Crippen MR) is 26.2 cm³/mol. The SMILES string of the molecule is [S-2].[S-2].[Sr+2].[Sr+2]. The maximum Gasteiger partial charge on any atom is 2.00 e. The first-order valence-corrected chi connectivity index (χ1v) is 0. The molecule has 0 amide bonds. The Morgan fingerprint density at radius 1 is 0.500 bits per heavy atom. The van der Waals surface area contributed by atoms with Gasteiger partial charge >= 0.3 is 91.0 Å². The second kappa shape index (κ2) is 15.9. The van der Waals surface area contributed by atoms with Crippen molar-refractivity contribution in [3.05, 3.63) is 0 Å². The van der Waals surface area contributed by atoms with Crippen molar-refractivity contribution in [3.63, 3.8) is 0 Å². The van der Waals surface area contributed by atoms with Gasteiger partial charge in [-0.2, -0.15) is 0 Å². The third-order valence-corrected chi connectivity index (χ3v) is 0. The number of hydrogen-bond donors (Lipinski definition) is 0. The van der Waals surface area contributed by atoms with E-state index < -0.39 is 0 Å². The van der Waals surface area contributed by atoms with Gasteiger partial charge in [-0.3, -0.25) is 0 Å². The van der Waals surface area contributed by atoms with E-state index in [0.29, 0.717) is 0 Å². The summed E-state index contributed by atoms with van der Waals surface area (Å²) in [7, 11) is 0. The van der Waals surface area contributed by atoms with Crippen LogP contribution in [-0.2, 0) is 27.0 Å². The summed E-state index contributed by atoms with van der Waals surface area (Å²) in [6.07, 6.45) is 0. The van der Waals surface area contributed by atoms with Gasteiger partial charge in [0.15, 0.2) is 0 Å². The number of hydrogen-bond acceptors (Lipinski definition) is 0. The van der Waals surface area contributed by atoms with E-state index in [1.54, 1.807) is 0 Å². The fourth-order valence-electron chi connectivity index (χ4n) is 0. The van der Waals surface area contributed by atoms with Crippen LogP contribution in [0.2, 0.25) is 0 Å². The Bertz CT molecular complexity index is 4.00. The van der Waals surface area contributed by atoms with E-state index in [9.17, 15) is 0 Å². The van der Waals surface area contributed by atoms with Crippen LogP contribution in [0, 0.1) is 0 Å². The van der Waals surface area contributed by atoms with Gasteiger partial charge in [0.25, 0.3) is 0 Å². The van der Waals surface area contributed by atoms with Crippen LogP contribution in [-0.4, -0.2) is 91.0 Å². The molecule has 0 bridgehead atoms. The van der Waals surface area contributed by atoms with E-state index in [1.807, 2.05) is 0 Å². The van der Waals surface area contributed by atoms with Crippen LogP contribution < -0.4 is 0 Å². The molecule has 0 heterocycles. The normalized spacial score (nSPS) is 0. The van der Waals surface area contributed by atoms with Crippen LogP contribution in [0.1, 0.15) is 0 Å². The van der Waals surface area contributed by atoms with Crippen LogP contribution in [0.3, 0.4) is 0 Å². The third-order valence-electron chi connectivity index (χ3n) is 0. The van der Waals surface area contributed by atoms with Crippen LogP contribution in [0.5, 0.6) is 0 Å². The molecule has 0 aromatic heterocycles. The summed E-state index contributed by atoms with van der Waals surface area (Å²) >= 11 is 0. The molecule has 4 heavy (non-hydrogen) atoms. The molecule has 0 aliphatic carbocycles. The van der Waals surface area contributed by atoms with Crippen molar-refractivity contribution in [2.45, 2.75) is 0 Å². The minimum atomic E-state index is 0. The fourth-order valence-corrected chi connectivity index (χ4v) is 0. The maximum atomic E-state index is 0. The van der Waals surface area contributed by atoms with Crippen LogP contribution in [0.4, 0.5) is 0 Å². The van der Waals surface area contributed by atoms with Crippen molar-refractivity contribution in [2.24, 2.45) is 0 Å². The summed E-state index contributed by atoms with van der Waals surface area (Å²) in [5, 5.41) is 0. The summed E-state index contributed by atoms with van der Waals surface area (Å²) < 4.78 is 0. The molecule has 0 aromatic rings. The average molecular weight is 239 g/mol. The van der Waals surface area contributed by atoms with E-state index in [0.717, 1.165) is 0 Å². The third kappa shape index (κ3) is 9.18. The van der Waals surface area contributed by atoms with Crippen molar-refractivity contribution in [2.75, 3.05) is 0 Å². The smallest absolute Gasteiger partial charge is 2.00 e. The van der Waals surface area contributed by atoms with Crippen molar-refractivity contribution < 1.29 is 0 Å². The van der Waals surface area contributed by atoms with E-state index in [2.05, 4.69) is 0 Å². The molecule has 0 unspecified atom stereocenters. The minimum absolute atomic E-state index is 0. The second-order valence-electron chi connectivity index (χ2n) is 0. The zero-order valence-electron chi connectivity index (χ0n) is 2.23. The van der Waals surface area contributed by atoms with Crippen LogP contribution in [0.15, 0.2) is 0 Å². The van der Waals surface area contributed by atoms with Gasteiger partial charge in [0.05, 0.1) is 0 Å². The topological polar surface area (TPSA) is 0 Å². The van der Waals surface area contributed by atoms with E-state index in [4.69, 9.17) is 0 Å². The molecule has 0 saturated heterocycles. The van der Waals surface area contributed by atoms with Gasteiger partial charge in [0.2, 0.25) is 0 Å². The summed E-state index contributed by atoms with van der Waals surface area (Å²) in [5.41, 5.74) is 0. The zero-order chi connectivity index (χ0) is 0. The van der Waals surface area contributed by atoms with Gasteiger partial charge in [-0.1, -0.05) is 0 Å². The molecular formula is S2Sr2. The molecule has 0 aliphatic rings.